The van der Waals surface area contributed by atoms with Gasteiger partial charge in [-0.1, -0.05) is 13.3 Å². The predicted molar refractivity (Wildman–Crippen MR) is 79.9 cm³/mol. The first-order chi connectivity index (χ1) is 9.60. The summed E-state index contributed by atoms with van der Waals surface area (Å²) in [5.74, 6) is -0.271. The minimum atomic E-state index is -0.978. The van der Waals surface area contributed by atoms with Crippen molar-refractivity contribution in [3.63, 3.8) is 0 Å². The summed E-state index contributed by atoms with van der Waals surface area (Å²) in [6.45, 7) is 3.86. The van der Waals surface area contributed by atoms with Crippen LogP contribution in [0.25, 0.3) is 6.08 Å². The van der Waals surface area contributed by atoms with E-state index < -0.39 is 5.97 Å². The fraction of sp³-hybridized carbons (Fsp3) is 0.467. The van der Waals surface area contributed by atoms with Gasteiger partial charge in [-0.2, -0.15) is 0 Å². The van der Waals surface area contributed by atoms with Crippen molar-refractivity contribution in [2.75, 3.05) is 13.1 Å². The van der Waals surface area contributed by atoms with Crippen LogP contribution in [0, 0.1) is 5.92 Å². The normalized spacial score (nSPS) is 18.9. The topological polar surface area (TPSA) is 57.6 Å². The molecule has 0 bridgehead atoms. The summed E-state index contributed by atoms with van der Waals surface area (Å²) in [5, 5.41) is 8.59. The van der Waals surface area contributed by atoms with Crippen LogP contribution < -0.4 is 0 Å². The van der Waals surface area contributed by atoms with E-state index in [9.17, 15) is 9.59 Å². The highest BCUT2D eigenvalue weighted by Crippen LogP contribution is 2.25. The predicted octanol–water partition coefficient (Wildman–Crippen LogP) is 3.11. The molecule has 1 unspecified atom stereocenters. The Morgan fingerprint density at radius 2 is 2.30 bits per heavy atom. The molecule has 5 heteroatoms. The number of nitrogens with zero attached hydrogens (tertiary/aromatic N) is 1. The van der Waals surface area contributed by atoms with Crippen molar-refractivity contribution in [2.24, 2.45) is 5.92 Å². The van der Waals surface area contributed by atoms with Gasteiger partial charge in [-0.25, -0.2) is 4.79 Å². The van der Waals surface area contributed by atoms with Gasteiger partial charge in [0.05, 0.1) is 4.88 Å². The van der Waals surface area contributed by atoms with E-state index in [1.54, 1.807) is 12.1 Å². The third-order valence-corrected chi connectivity index (χ3v) is 4.54. The van der Waals surface area contributed by atoms with Crippen molar-refractivity contribution in [1.29, 1.82) is 0 Å². The van der Waals surface area contributed by atoms with Crippen molar-refractivity contribution in [1.82, 2.24) is 4.90 Å². The SMILES string of the molecule is CCCC1CCN(C(=O)c2ccc(/C=C/C(=O)O)s2)C1. The highest BCUT2D eigenvalue weighted by atomic mass is 32.1. The number of carboxylic acid groups (broad SMARTS) is 1. The van der Waals surface area contributed by atoms with Crippen LogP contribution in [-0.4, -0.2) is 35.0 Å². The van der Waals surface area contributed by atoms with Gasteiger partial charge in [-0.3, -0.25) is 4.79 Å². The standard InChI is InChI=1S/C15H19NO3S/c1-2-3-11-8-9-16(10-11)15(19)13-6-4-12(20-13)5-7-14(17)18/h4-7,11H,2-3,8-10H2,1H3,(H,17,18)/b7-5+. The molecule has 1 aliphatic heterocycles. The van der Waals surface area contributed by atoms with Crippen molar-refractivity contribution in [3.05, 3.63) is 28.0 Å². The molecule has 0 radical (unpaired) electrons. The van der Waals surface area contributed by atoms with E-state index in [1.165, 1.54) is 23.8 Å². The lowest BCUT2D eigenvalue weighted by Crippen LogP contribution is -2.27. The first-order valence-corrected chi connectivity index (χ1v) is 7.72. The zero-order valence-corrected chi connectivity index (χ0v) is 12.4. The molecule has 0 spiro atoms. The summed E-state index contributed by atoms with van der Waals surface area (Å²) in [6.07, 6.45) is 6.05. The van der Waals surface area contributed by atoms with E-state index >= 15 is 0 Å². The number of carbonyl (C=O) groups is 2. The van der Waals surface area contributed by atoms with Crippen LogP contribution >= 0.6 is 11.3 Å². The molecule has 1 fully saturated rings. The van der Waals surface area contributed by atoms with Gasteiger partial charge >= 0.3 is 5.97 Å². The maximum Gasteiger partial charge on any atom is 0.328 e. The van der Waals surface area contributed by atoms with E-state index in [2.05, 4.69) is 6.92 Å². The summed E-state index contributed by atoms with van der Waals surface area (Å²) in [5.41, 5.74) is 0. The van der Waals surface area contributed by atoms with Crippen LogP contribution in [0.5, 0.6) is 0 Å². The first-order valence-electron chi connectivity index (χ1n) is 6.90. The van der Waals surface area contributed by atoms with Gasteiger partial charge in [0.25, 0.3) is 5.91 Å². The Labute approximate surface area is 122 Å². The molecule has 1 N–H and O–H groups in total. The minimum Gasteiger partial charge on any atom is -0.478 e. The first kappa shape index (κ1) is 14.8. The zero-order chi connectivity index (χ0) is 14.5. The van der Waals surface area contributed by atoms with Crippen molar-refractivity contribution >= 4 is 29.3 Å². The number of rotatable bonds is 5. The molecule has 1 amide bonds. The Hall–Kier alpha value is -1.62. The van der Waals surface area contributed by atoms with Gasteiger partial charge < -0.3 is 10.0 Å². The molecule has 20 heavy (non-hydrogen) atoms. The Bertz CT molecular complexity index is 521. The highest BCUT2D eigenvalue weighted by Gasteiger charge is 2.26. The largest absolute Gasteiger partial charge is 0.478 e. The Morgan fingerprint density at radius 1 is 1.50 bits per heavy atom. The van der Waals surface area contributed by atoms with Crippen LogP contribution in [0.15, 0.2) is 18.2 Å². The molecule has 0 saturated carbocycles. The third-order valence-electron chi connectivity index (χ3n) is 3.50. The second-order valence-corrected chi connectivity index (χ2v) is 6.18. The molecule has 0 aromatic carbocycles. The lowest BCUT2D eigenvalue weighted by atomic mass is 10.0. The molecule has 2 rings (SSSR count). The fourth-order valence-corrected chi connectivity index (χ4v) is 3.41. The average Bonchev–Trinajstić information content (AvgIpc) is 3.05. The molecule has 2 heterocycles. The van der Waals surface area contributed by atoms with Crippen LogP contribution in [0.1, 0.15) is 40.7 Å². The highest BCUT2D eigenvalue weighted by molar-refractivity contribution is 7.14. The van der Waals surface area contributed by atoms with Crippen LogP contribution in [0.2, 0.25) is 0 Å². The van der Waals surface area contributed by atoms with Gasteiger partial charge in [-0.15, -0.1) is 11.3 Å². The third kappa shape index (κ3) is 3.70. The van der Waals surface area contributed by atoms with Gasteiger partial charge in [0.15, 0.2) is 0 Å². The second kappa shape index (κ2) is 6.70. The van der Waals surface area contributed by atoms with E-state index in [0.717, 1.165) is 36.9 Å². The lowest BCUT2D eigenvalue weighted by Gasteiger charge is -2.15. The molecular formula is C15H19NO3S. The molecule has 1 atom stereocenters. The average molecular weight is 293 g/mol. The number of carboxylic acids is 1. The Morgan fingerprint density at radius 3 is 3.00 bits per heavy atom. The number of thiophene rings is 1. The summed E-state index contributed by atoms with van der Waals surface area (Å²) < 4.78 is 0. The van der Waals surface area contributed by atoms with Gasteiger partial charge in [-0.05, 0) is 37.0 Å². The minimum absolute atomic E-state index is 0.0728. The zero-order valence-electron chi connectivity index (χ0n) is 11.5. The lowest BCUT2D eigenvalue weighted by molar-refractivity contribution is -0.131. The van der Waals surface area contributed by atoms with Crippen molar-refractivity contribution in [2.45, 2.75) is 26.2 Å². The quantitative estimate of drug-likeness (QED) is 0.849. The number of hydrogen-bond donors (Lipinski definition) is 1. The summed E-state index contributed by atoms with van der Waals surface area (Å²) in [7, 11) is 0. The Kier molecular flexibility index (Phi) is 4.95. The molecule has 1 saturated heterocycles. The van der Waals surface area contributed by atoms with Gasteiger partial charge in [0.1, 0.15) is 0 Å². The molecule has 1 aliphatic rings. The van der Waals surface area contributed by atoms with Crippen molar-refractivity contribution in [3.8, 4) is 0 Å². The van der Waals surface area contributed by atoms with Crippen LogP contribution in [0.4, 0.5) is 0 Å². The second-order valence-electron chi connectivity index (χ2n) is 5.07. The molecule has 1 aromatic heterocycles. The summed E-state index contributed by atoms with van der Waals surface area (Å²) in [6, 6.07) is 3.57. The van der Waals surface area contributed by atoms with Gasteiger partial charge in [0, 0.05) is 24.0 Å². The maximum atomic E-state index is 12.3. The van der Waals surface area contributed by atoms with E-state index in [4.69, 9.17) is 5.11 Å². The molecule has 1 aromatic rings. The number of amides is 1. The fourth-order valence-electron chi connectivity index (χ4n) is 2.53. The molecule has 108 valence electrons. The smallest absolute Gasteiger partial charge is 0.328 e. The van der Waals surface area contributed by atoms with E-state index in [0.29, 0.717) is 10.8 Å². The van der Waals surface area contributed by atoms with Crippen LogP contribution in [0.3, 0.4) is 0 Å². The van der Waals surface area contributed by atoms with E-state index in [1.807, 2.05) is 4.90 Å². The maximum absolute atomic E-state index is 12.3. The summed E-state index contributed by atoms with van der Waals surface area (Å²) >= 11 is 1.34. The number of likely N-dealkylation sites (tertiary alicyclic amines) is 1. The van der Waals surface area contributed by atoms with Crippen molar-refractivity contribution < 1.29 is 14.7 Å². The summed E-state index contributed by atoms with van der Waals surface area (Å²) in [4.78, 5) is 26.2. The van der Waals surface area contributed by atoms with Gasteiger partial charge in [0.2, 0.25) is 0 Å². The number of carbonyl (C=O) groups excluding carboxylic acids is 1. The number of aliphatic carboxylic acids is 1. The molecular weight excluding hydrogens is 274 g/mol. The van der Waals surface area contributed by atoms with Crippen LogP contribution in [-0.2, 0) is 4.79 Å². The molecule has 0 aliphatic carbocycles. The van der Waals surface area contributed by atoms with E-state index in [-0.39, 0.29) is 5.91 Å². The molecule has 4 nitrogen and oxygen atoms in total. The number of hydrogen-bond acceptors (Lipinski definition) is 3. The monoisotopic (exact) mass is 293 g/mol. The Balaban J connectivity index is 1.98.